The van der Waals surface area contributed by atoms with Crippen molar-refractivity contribution in [3.63, 3.8) is 0 Å². The van der Waals surface area contributed by atoms with Crippen LogP contribution in [0.4, 0.5) is 0 Å². The molecular formula is C21H24N2O2. The first-order chi connectivity index (χ1) is 12.2. The van der Waals surface area contributed by atoms with Crippen LogP contribution in [0.25, 0.3) is 10.9 Å². The van der Waals surface area contributed by atoms with E-state index in [0.29, 0.717) is 5.76 Å². The number of carbonyl (C=O) groups is 1. The third-order valence-electron chi connectivity index (χ3n) is 5.28. The fourth-order valence-corrected chi connectivity index (χ4v) is 4.01. The first-order valence-corrected chi connectivity index (χ1v) is 9.12. The predicted octanol–water partition coefficient (Wildman–Crippen LogP) is 4.35. The van der Waals surface area contributed by atoms with Crippen LogP contribution in [0.1, 0.15) is 49.3 Å². The molecule has 2 heterocycles. The van der Waals surface area contributed by atoms with Gasteiger partial charge in [-0.3, -0.25) is 4.79 Å². The molecule has 3 aromatic rings. The van der Waals surface area contributed by atoms with Gasteiger partial charge in [-0.2, -0.15) is 0 Å². The van der Waals surface area contributed by atoms with E-state index in [1.807, 2.05) is 31.3 Å². The second kappa shape index (κ2) is 6.79. The molecule has 0 spiro atoms. The molecule has 4 nitrogen and oxygen atoms in total. The number of aromatic nitrogens is 1. The lowest BCUT2D eigenvalue weighted by atomic mass is 9.92. The summed E-state index contributed by atoms with van der Waals surface area (Å²) < 4.78 is 7.73. The molecule has 1 aliphatic rings. The quantitative estimate of drug-likeness (QED) is 0.770. The molecule has 0 aliphatic heterocycles. The highest BCUT2D eigenvalue weighted by atomic mass is 16.3. The summed E-state index contributed by atoms with van der Waals surface area (Å²) in [7, 11) is 2.02. The Morgan fingerprint density at radius 2 is 1.96 bits per heavy atom. The second-order valence-corrected chi connectivity index (χ2v) is 7.00. The van der Waals surface area contributed by atoms with E-state index >= 15 is 0 Å². The van der Waals surface area contributed by atoms with Crippen molar-refractivity contribution in [1.82, 2.24) is 9.88 Å². The largest absolute Gasteiger partial charge is 0.468 e. The lowest BCUT2D eigenvalue weighted by molar-refractivity contribution is -0.122. The Morgan fingerprint density at radius 3 is 2.72 bits per heavy atom. The van der Waals surface area contributed by atoms with Crippen molar-refractivity contribution in [2.75, 3.05) is 0 Å². The highest BCUT2D eigenvalue weighted by Gasteiger charge is 2.30. The number of furan rings is 1. The fourth-order valence-electron chi connectivity index (χ4n) is 4.01. The van der Waals surface area contributed by atoms with Gasteiger partial charge in [0.25, 0.3) is 0 Å². The SMILES string of the molecule is Cn1cc(C(C(=O)NC2CCCCC2)c2ccco2)c2ccccc21. The van der Waals surface area contributed by atoms with Crippen LogP contribution >= 0.6 is 0 Å². The molecule has 130 valence electrons. The number of hydrogen-bond acceptors (Lipinski definition) is 2. The van der Waals surface area contributed by atoms with Crippen LogP contribution in [0.5, 0.6) is 0 Å². The number of amides is 1. The van der Waals surface area contributed by atoms with E-state index in [1.165, 1.54) is 19.3 Å². The van der Waals surface area contributed by atoms with Crippen LogP contribution in [0.15, 0.2) is 53.3 Å². The van der Waals surface area contributed by atoms with Crippen molar-refractivity contribution in [3.8, 4) is 0 Å². The van der Waals surface area contributed by atoms with Crippen LogP contribution in [0.2, 0.25) is 0 Å². The Morgan fingerprint density at radius 1 is 1.16 bits per heavy atom. The highest BCUT2D eigenvalue weighted by molar-refractivity contribution is 5.94. The molecule has 1 aromatic carbocycles. The molecule has 1 atom stereocenters. The summed E-state index contributed by atoms with van der Waals surface area (Å²) in [6.07, 6.45) is 9.52. The van der Waals surface area contributed by atoms with Gasteiger partial charge < -0.3 is 14.3 Å². The van der Waals surface area contributed by atoms with Crippen molar-refractivity contribution >= 4 is 16.8 Å². The number of nitrogens with one attached hydrogen (secondary N) is 1. The predicted molar refractivity (Wildman–Crippen MR) is 98.5 cm³/mol. The van der Waals surface area contributed by atoms with Crippen molar-refractivity contribution < 1.29 is 9.21 Å². The van der Waals surface area contributed by atoms with E-state index in [0.717, 1.165) is 29.3 Å². The maximum atomic E-state index is 13.2. The van der Waals surface area contributed by atoms with E-state index in [-0.39, 0.29) is 11.9 Å². The number of nitrogens with zero attached hydrogens (tertiary/aromatic N) is 1. The minimum atomic E-state index is -0.414. The summed E-state index contributed by atoms with van der Waals surface area (Å²) in [6.45, 7) is 0. The van der Waals surface area contributed by atoms with Crippen molar-refractivity contribution in [2.24, 2.45) is 7.05 Å². The van der Waals surface area contributed by atoms with Gasteiger partial charge >= 0.3 is 0 Å². The first-order valence-electron chi connectivity index (χ1n) is 9.12. The topological polar surface area (TPSA) is 47.2 Å². The molecule has 1 fully saturated rings. The van der Waals surface area contributed by atoms with Crippen LogP contribution in [0.3, 0.4) is 0 Å². The molecule has 1 saturated carbocycles. The normalized spacial score (nSPS) is 16.8. The number of rotatable bonds is 4. The number of fused-ring (bicyclic) bond motifs is 1. The summed E-state index contributed by atoms with van der Waals surface area (Å²) in [6, 6.07) is 12.2. The van der Waals surface area contributed by atoms with E-state index in [1.54, 1.807) is 6.26 Å². The maximum Gasteiger partial charge on any atom is 0.235 e. The van der Waals surface area contributed by atoms with Crippen molar-refractivity contribution in [1.29, 1.82) is 0 Å². The minimum Gasteiger partial charge on any atom is -0.468 e. The Kier molecular flexibility index (Phi) is 4.35. The molecule has 0 radical (unpaired) electrons. The third kappa shape index (κ3) is 3.09. The zero-order valence-electron chi connectivity index (χ0n) is 14.6. The summed E-state index contributed by atoms with van der Waals surface area (Å²) >= 11 is 0. The molecule has 25 heavy (non-hydrogen) atoms. The average molecular weight is 336 g/mol. The Balaban J connectivity index is 1.72. The molecule has 1 unspecified atom stereocenters. The number of para-hydroxylation sites is 1. The van der Waals surface area contributed by atoms with Gasteiger partial charge in [-0.15, -0.1) is 0 Å². The molecule has 4 rings (SSSR count). The summed E-state index contributed by atoms with van der Waals surface area (Å²) in [5, 5.41) is 4.37. The maximum absolute atomic E-state index is 13.2. The Labute approximate surface area is 147 Å². The zero-order chi connectivity index (χ0) is 17.2. The van der Waals surface area contributed by atoms with Gasteiger partial charge in [-0.1, -0.05) is 37.5 Å². The number of aryl methyl sites for hydroxylation is 1. The number of hydrogen-bond donors (Lipinski definition) is 1. The molecule has 1 amide bonds. The smallest absolute Gasteiger partial charge is 0.235 e. The average Bonchev–Trinajstić information content (AvgIpc) is 3.26. The molecular weight excluding hydrogens is 312 g/mol. The van der Waals surface area contributed by atoms with E-state index in [9.17, 15) is 4.79 Å². The lowest BCUT2D eigenvalue weighted by Gasteiger charge is -2.25. The van der Waals surface area contributed by atoms with Crippen molar-refractivity contribution in [2.45, 2.75) is 44.1 Å². The monoisotopic (exact) mass is 336 g/mol. The zero-order valence-corrected chi connectivity index (χ0v) is 14.6. The molecule has 2 aromatic heterocycles. The van der Waals surface area contributed by atoms with Gasteiger partial charge in [0.15, 0.2) is 0 Å². The van der Waals surface area contributed by atoms with Gasteiger partial charge in [-0.25, -0.2) is 0 Å². The number of benzene rings is 1. The first kappa shape index (κ1) is 16.0. The lowest BCUT2D eigenvalue weighted by Crippen LogP contribution is -2.39. The third-order valence-corrected chi connectivity index (χ3v) is 5.28. The summed E-state index contributed by atoms with van der Waals surface area (Å²) in [5.41, 5.74) is 2.13. The Bertz CT molecular complexity index is 857. The van der Waals surface area contributed by atoms with Gasteiger partial charge in [0.05, 0.1) is 6.26 Å². The van der Waals surface area contributed by atoms with Gasteiger partial charge in [0.1, 0.15) is 11.7 Å². The molecule has 4 heteroatoms. The molecule has 0 saturated heterocycles. The van der Waals surface area contributed by atoms with Gasteiger partial charge in [0, 0.05) is 30.2 Å². The van der Waals surface area contributed by atoms with E-state index in [4.69, 9.17) is 4.42 Å². The van der Waals surface area contributed by atoms with Crippen LogP contribution in [0, 0.1) is 0 Å². The van der Waals surface area contributed by atoms with Crippen LogP contribution < -0.4 is 5.32 Å². The fraction of sp³-hybridized carbons (Fsp3) is 0.381. The van der Waals surface area contributed by atoms with Crippen LogP contribution in [-0.4, -0.2) is 16.5 Å². The molecule has 0 bridgehead atoms. The summed E-state index contributed by atoms with van der Waals surface area (Å²) in [5.74, 6) is 0.325. The van der Waals surface area contributed by atoms with Gasteiger partial charge in [0.2, 0.25) is 5.91 Å². The van der Waals surface area contributed by atoms with Gasteiger partial charge in [-0.05, 0) is 36.6 Å². The standard InChI is InChI=1S/C21H24N2O2/c1-23-14-17(16-10-5-6-11-18(16)23)20(19-12-7-13-25-19)21(24)22-15-8-3-2-4-9-15/h5-7,10-15,20H,2-4,8-9H2,1H3,(H,22,24). The Hall–Kier alpha value is -2.49. The number of carbonyl (C=O) groups excluding carboxylic acids is 1. The van der Waals surface area contributed by atoms with Crippen LogP contribution in [-0.2, 0) is 11.8 Å². The summed E-state index contributed by atoms with van der Waals surface area (Å²) in [4.78, 5) is 13.2. The highest BCUT2D eigenvalue weighted by Crippen LogP contribution is 2.33. The van der Waals surface area contributed by atoms with Crippen molar-refractivity contribution in [3.05, 3.63) is 60.2 Å². The minimum absolute atomic E-state index is 0.0400. The van der Waals surface area contributed by atoms with E-state index < -0.39 is 5.92 Å². The second-order valence-electron chi connectivity index (χ2n) is 7.00. The van der Waals surface area contributed by atoms with E-state index in [2.05, 4.69) is 28.2 Å². The molecule has 1 aliphatic carbocycles. The molecule has 1 N–H and O–H groups in total.